The average Bonchev–Trinajstić information content (AvgIpc) is 2.89. The molecule has 0 saturated carbocycles. The fourth-order valence-electron chi connectivity index (χ4n) is 2.42. The van der Waals surface area contributed by atoms with Gasteiger partial charge in [-0.15, -0.1) is 0 Å². The lowest BCUT2D eigenvalue weighted by Gasteiger charge is -2.14. The van der Waals surface area contributed by atoms with Gasteiger partial charge in [0, 0.05) is 11.1 Å². The van der Waals surface area contributed by atoms with Crippen LogP contribution in [0, 0.1) is 0 Å². The monoisotopic (exact) mass is 534 g/mol. The van der Waals surface area contributed by atoms with Crippen LogP contribution in [0.4, 0.5) is 0 Å². The van der Waals surface area contributed by atoms with Crippen molar-refractivity contribution >= 4 is 29.8 Å². The molecule has 2 N–H and O–H groups in total. The number of aliphatic hydroxyl groups excluding tert-OH is 2. The Balaban J connectivity index is 2.91. The van der Waals surface area contributed by atoms with Gasteiger partial charge in [-0.25, -0.2) is 24.0 Å². The Hall–Kier alpha value is -4.29. The summed E-state index contributed by atoms with van der Waals surface area (Å²) in [7, 11) is 0. The van der Waals surface area contributed by atoms with Crippen LogP contribution in [-0.2, 0) is 33.3 Å². The summed E-state index contributed by atoms with van der Waals surface area (Å²) in [5.41, 5.74) is -0.537. The van der Waals surface area contributed by atoms with Gasteiger partial charge in [0.15, 0.2) is 0 Å². The predicted octanol–water partition coefficient (Wildman–Crippen LogP) is 1.30. The van der Waals surface area contributed by atoms with Gasteiger partial charge in [-0.2, -0.15) is 0 Å². The fourth-order valence-corrected chi connectivity index (χ4v) is 2.42. The number of aliphatic hydroxyl groups is 2. The maximum absolute atomic E-state index is 12.6. The van der Waals surface area contributed by atoms with Crippen LogP contribution in [-0.4, -0.2) is 85.3 Å². The third-order valence-electron chi connectivity index (χ3n) is 4.35. The highest BCUT2D eigenvalue weighted by molar-refractivity contribution is 6.05. The van der Waals surface area contributed by atoms with Crippen molar-refractivity contribution in [3.63, 3.8) is 0 Å². The van der Waals surface area contributed by atoms with Crippen LogP contribution in [0.5, 0.6) is 0 Å². The molecule has 38 heavy (non-hydrogen) atoms. The van der Waals surface area contributed by atoms with Gasteiger partial charge in [-0.3, -0.25) is 0 Å². The average molecular weight is 535 g/mol. The van der Waals surface area contributed by atoms with Crippen LogP contribution >= 0.6 is 0 Å². The number of benzene rings is 1. The molecule has 206 valence electrons. The Morgan fingerprint density at radius 1 is 0.737 bits per heavy atom. The minimum atomic E-state index is -1.35. The number of esters is 5. The van der Waals surface area contributed by atoms with Crippen molar-refractivity contribution in [3.05, 3.63) is 71.8 Å². The summed E-state index contributed by atoms with van der Waals surface area (Å²) in [6.07, 6.45) is -1.39. The largest absolute Gasteiger partial charge is 0.459 e. The van der Waals surface area contributed by atoms with Crippen LogP contribution in [0.2, 0.25) is 0 Å². The summed E-state index contributed by atoms with van der Waals surface area (Å²) in [6.45, 7) is 10.9. The maximum Gasteiger partial charge on any atom is 0.339 e. The van der Waals surface area contributed by atoms with Crippen LogP contribution < -0.4 is 0 Å². The number of rotatable bonds is 15. The number of carbonyl (C=O) groups is 5. The van der Waals surface area contributed by atoms with E-state index in [0.29, 0.717) is 0 Å². The summed E-state index contributed by atoms with van der Waals surface area (Å²) < 4.78 is 24.5. The number of carbonyl (C=O) groups excluding carboxylic acids is 5. The Morgan fingerprint density at radius 2 is 1.18 bits per heavy atom. The molecule has 0 radical (unpaired) electrons. The maximum atomic E-state index is 12.6. The molecular weight excluding hydrogens is 504 g/mol. The molecule has 12 heteroatoms. The molecule has 0 aliphatic heterocycles. The van der Waals surface area contributed by atoms with E-state index in [1.165, 1.54) is 26.0 Å². The third kappa shape index (κ3) is 10.8. The first-order chi connectivity index (χ1) is 17.9. The van der Waals surface area contributed by atoms with Gasteiger partial charge in [-0.1, -0.05) is 25.8 Å². The van der Waals surface area contributed by atoms with Crippen molar-refractivity contribution in [1.29, 1.82) is 0 Å². The summed E-state index contributed by atoms with van der Waals surface area (Å²) in [6, 6.07) is 3.31. The molecule has 12 nitrogen and oxygen atoms in total. The first-order valence-corrected chi connectivity index (χ1v) is 11.1. The molecule has 0 spiro atoms. The lowest BCUT2D eigenvalue weighted by atomic mass is 10.0. The first-order valence-electron chi connectivity index (χ1n) is 11.1. The van der Waals surface area contributed by atoms with Crippen LogP contribution in [0.1, 0.15) is 44.9 Å². The van der Waals surface area contributed by atoms with E-state index in [1.54, 1.807) is 0 Å². The van der Waals surface area contributed by atoms with Crippen LogP contribution in [0.15, 0.2) is 55.2 Å². The van der Waals surface area contributed by atoms with Gasteiger partial charge in [-0.05, 0) is 32.0 Å². The molecule has 0 amide bonds. The van der Waals surface area contributed by atoms with E-state index in [2.05, 4.69) is 19.7 Å². The Labute approximate surface area is 219 Å². The SMILES string of the molecule is C=CCOC(=O)c1cc(C(=O)OCC(O)COC(=O)C(=C)C)ccc1C(=O)OCC(O)COC(=O)C(=C)C. The molecule has 0 aliphatic carbocycles. The second-order valence-electron chi connectivity index (χ2n) is 7.91. The highest BCUT2D eigenvalue weighted by Gasteiger charge is 2.24. The number of hydrogen-bond acceptors (Lipinski definition) is 12. The molecule has 2 atom stereocenters. The Morgan fingerprint density at radius 3 is 1.66 bits per heavy atom. The lowest BCUT2D eigenvalue weighted by molar-refractivity contribution is -0.143. The normalized spacial score (nSPS) is 11.8. The summed E-state index contributed by atoms with van der Waals surface area (Å²) >= 11 is 0. The highest BCUT2D eigenvalue weighted by atomic mass is 16.6. The zero-order valence-corrected chi connectivity index (χ0v) is 21.1. The van der Waals surface area contributed by atoms with Crippen LogP contribution in [0.3, 0.4) is 0 Å². The molecule has 0 aliphatic rings. The van der Waals surface area contributed by atoms with Crippen molar-refractivity contribution in [3.8, 4) is 0 Å². The number of ether oxygens (including phenoxy) is 5. The minimum Gasteiger partial charge on any atom is -0.459 e. The molecule has 2 unspecified atom stereocenters. The minimum absolute atomic E-state index is 0.121. The zero-order chi connectivity index (χ0) is 28.8. The molecular formula is C26H30O12. The van der Waals surface area contributed by atoms with Gasteiger partial charge in [0.25, 0.3) is 0 Å². The van der Waals surface area contributed by atoms with E-state index >= 15 is 0 Å². The molecule has 0 saturated heterocycles. The van der Waals surface area contributed by atoms with E-state index in [0.717, 1.165) is 12.1 Å². The van der Waals surface area contributed by atoms with Crippen molar-refractivity contribution in [2.75, 3.05) is 33.0 Å². The summed E-state index contributed by atoms with van der Waals surface area (Å²) in [5, 5.41) is 19.7. The van der Waals surface area contributed by atoms with E-state index in [9.17, 15) is 34.2 Å². The smallest absolute Gasteiger partial charge is 0.339 e. The first kappa shape index (κ1) is 31.7. The topological polar surface area (TPSA) is 172 Å². The van der Waals surface area contributed by atoms with Crippen molar-refractivity contribution in [1.82, 2.24) is 0 Å². The van der Waals surface area contributed by atoms with Crippen molar-refractivity contribution in [2.24, 2.45) is 0 Å². The third-order valence-corrected chi connectivity index (χ3v) is 4.35. The second-order valence-corrected chi connectivity index (χ2v) is 7.91. The van der Waals surface area contributed by atoms with E-state index in [-0.39, 0.29) is 34.4 Å². The quantitative estimate of drug-likeness (QED) is 0.143. The van der Waals surface area contributed by atoms with Gasteiger partial charge >= 0.3 is 29.8 Å². The van der Waals surface area contributed by atoms with Gasteiger partial charge in [0.05, 0.1) is 16.7 Å². The second kappa shape index (κ2) is 15.7. The molecule has 0 aromatic heterocycles. The van der Waals surface area contributed by atoms with Gasteiger partial charge < -0.3 is 33.9 Å². The van der Waals surface area contributed by atoms with Crippen molar-refractivity contribution < 1.29 is 57.9 Å². The highest BCUT2D eigenvalue weighted by Crippen LogP contribution is 2.17. The van der Waals surface area contributed by atoms with E-state index in [1.807, 2.05) is 0 Å². The number of hydrogen-bond donors (Lipinski definition) is 2. The van der Waals surface area contributed by atoms with Gasteiger partial charge in [0.1, 0.15) is 45.2 Å². The molecule has 1 aromatic rings. The zero-order valence-electron chi connectivity index (χ0n) is 21.1. The fraction of sp³-hybridized carbons (Fsp3) is 0.346. The van der Waals surface area contributed by atoms with E-state index < -0.39 is 68.5 Å². The standard InChI is InChI=1S/C26H30O12/c1-6-9-34-26(33)21-10-17(24(31)37-13-18(27)11-35-22(29)15(2)3)7-8-20(21)25(32)38-14-19(28)12-36-23(30)16(4)5/h6-8,10,18-19,27-28H,1-2,4,9,11-14H2,3,5H3. The van der Waals surface area contributed by atoms with Gasteiger partial charge in [0.2, 0.25) is 0 Å². The van der Waals surface area contributed by atoms with Crippen molar-refractivity contribution in [2.45, 2.75) is 26.1 Å². The molecule has 1 rings (SSSR count). The lowest BCUT2D eigenvalue weighted by Crippen LogP contribution is -2.26. The molecule has 0 heterocycles. The predicted molar refractivity (Wildman–Crippen MR) is 131 cm³/mol. The molecule has 0 fully saturated rings. The summed E-state index contributed by atoms with van der Waals surface area (Å²) in [5.74, 6) is -4.42. The Bertz CT molecular complexity index is 1090. The van der Waals surface area contributed by atoms with Crippen LogP contribution in [0.25, 0.3) is 0 Å². The summed E-state index contributed by atoms with van der Waals surface area (Å²) in [4.78, 5) is 60.3. The molecule has 1 aromatic carbocycles. The molecule has 0 bridgehead atoms. The Kier molecular flexibility index (Phi) is 13.1. The van der Waals surface area contributed by atoms with E-state index in [4.69, 9.17) is 23.7 Å².